The molecule has 2 N–H and O–H groups in total. The van der Waals surface area contributed by atoms with Crippen LogP contribution in [-0.4, -0.2) is 29.2 Å². The number of aromatic nitrogens is 2. The highest BCUT2D eigenvalue weighted by Crippen LogP contribution is 2.58. The highest BCUT2D eigenvalue weighted by atomic mass is 32.2. The summed E-state index contributed by atoms with van der Waals surface area (Å²) in [5, 5.41) is 15.2. The molecule has 1 unspecified atom stereocenters. The van der Waals surface area contributed by atoms with Gasteiger partial charge in [-0.15, -0.1) is 10.2 Å². The second kappa shape index (κ2) is 6.82. The highest BCUT2D eigenvalue weighted by molar-refractivity contribution is 8.00. The van der Waals surface area contributed by atoms with Crippen molar-refractivity contribution in [3.05, 3.63) is 35.9 Å². The Bertz CT molecular complexity index is 712. The van der Waals surface area contributed by atoms with Crippen LogP contribution in [0, 0.1) is 11.3 Å². The minimum absolute atomic E-state index is 0.118. The minimum Gasteiger partial charge on any atom is -0.317 e. The average molecular weight is 361 g/mol. The minimum atomic E-state index is 0.118. The Morgan fingerprint density at radius 1 is 1.29 bits per heavy atom. The van der Waals surface area contributed by atoms with Gasteiger partial charge < -0.3 is 10.6 Å². The topological polar surface area (TPSA) is 66.9 Å². The lowest BCUT2D eigenvalue weighted by Crippen LogP contribution is -2.31. The van der Waals surface area contributed by atoms with Crippen LogP contribution in [0.2, 0.25) is 0 Å². The van der Waals surface area contributed by atoms with Crippen LogP contribution in [0.1, 0.15) is 24.8 Å². The molecule has 1 aliphatic carbocycles. The Morgan fingerprint density at radius 2 is 2.08 bits per heavy atom. The first-order valence-electron chi connectivity index (χ1n) is 8.27. The first kappa shape index (κ1) is 16.1. The number of amides is 1. The largest absolute Gasteiger partial charge is 0.317 e. The van der Waals surface area contributed by atoms with Crippen molar-refractivity contribution >= 4 is 34.1 Å². The third kappa shape index (κ3) is 3.48. The Balaban J connectivity index is 1.30. The second-order valence-corrected chi connectivity index (χ2v) is 8.71. The SMILES string of the molecule is O=C(Nc1nnc(SCc2ccccc2)s1)C1CC12CCNCC2. The third-order valence-electron chi connectivity index (χ3n) is 4.95. The summed E-state index contributed by atoms with van der Waals surface area (Å²) in [4.78, 5) is 12.4. The number of rotatable bonds is 5. The zero-order valence-corrected chi connectivity index (χ0v) is 15.0. The van der Waals surface area contributed by atoms with Crippen molar-refractivity contribution in [2.24, 2.45) is 11.3 Å². The molecule has 1 spiro atoms. The molecular weight excluding hydrogens is 340 g/mol. The molecule has 1 aliphatic heterocycles. The van der Waals surface area contributed by atoms with Crippen LogP contribution in [-0.2, 0) is 10.5 Å². The van der Waals surface area contributed by atoms with E-state index in [1.807, 2.05) is 18.2 Å². The van der Waals surface area contributed by atoms with Gasteiger partial charge in [-0.25, -0.2) is 0 Å². The maximum Gasteiger partial charge on any atom is 0.229 e. The standard InChI is InChI=1S/C17H20N4OS2/c22-14(13-10-17(13)6-8-18-9-7-17)19-15-20-21-16(24-15)23-11-12-4-2-1-3-5-12/h1-5,13,18H,6-11H2,(H,19,20,22). The van der Waals surface area contributed by atoms with E-state index < -0.39 is 0 Å². The fourth-order valence-electron chi connectivity index (χ4n) is 3.43. The highest BCUT2D eigenvalue weighted by Gasteiger charge is 2.57. The molecule has 1 aromatic heterocycles. The van der Waals surface area contributed by atoms with Crippen molar-refractivity contribution in [3.63, 3.8) is 0 Å². The Labute approximate surface area is 149 Å². The normalized spacial score (nSPS) is 21.6. The van der Waals surface area contributed by atoms with E-state index in [4.69, 9.17) is 0 Å². The van der Waals surface area contributed by atoms with Crippen LogP contribution >= 0.6 is 23.1 Å². The number of hydrogen-bond acceptors (Lipinski definition) is 6. The molecule has 1 aromatic carbocycles. The van der Waals surface area contributed by atoms with Crippen molar-refractivity contribution in [3.8, 4) is 0 Å². The molecule has 0 radical (unpaired) electrons. The monoisotopic (exact) mass is 360 g/mol. The summed E-state index contributed by atoms with van der Waals surface area (Å²) < 4.78 is 0.890. The van der Waals surface area contributed by atoms with E-state index in [-0.39, 0.29) is 17.2 Å². The van der Waals surface area contributed by atoms with Crippen molar-refractivity contribution in [1.29, 1.82) is 0 Å². The summed E-state index contributed by atoms with van der Waals surface area (Å²) in [7, 11) is 0. The van der Waals surface area contributed by atoms with Crippen LogP contribution in [0.4, 0.5) is 5.13 Å². The fourth-order valence-corrected chi connectivity index (χ4v) is 5.14. The Hall–Kier alpha value is -1.44. The number of benzene rings is 1. The zero-order chi connectivity index (χ0) is 16.4. The summed E-state index contributed by atoms with van der Waals surface area (Å²) in [5.74, 6) is 1.14. The van der Waals surface area contributed by atoms with Gasteiger partial charge in [-0.2, -0.15) is 0 Å². The lowest BCUT2D eigenvalue weighted by Gasteiger charge is -2.22. The molecule has 1 amide bonds. The number of thioether (sulfide) groups is 1. The van der Waals surface area contributed by atoms with E-state index >= 15 is 0 Å². The van der Waals surface area contributed by atoms with Gasteiger partial charge in [-0.3, -0.25) is 4.79 Å². The van der Waals surface area contributed by atoms with Crippen LogP contribution in [0.25, 0.3) is 0 Å². The van der Waals surface area contributed by atoms with Gasteiger partial charge in [0.25, 0.3) is 0 Å². The Kier molecular flexibility index (Phi) is 4.56. The summed E-state index contributed by atoms with van der Waals surface area (Å²) in [6, 6.07) is 10.3. The van der Waals surface area contributed by atoms with E-state index in [9.17, 15) is 4.79 Å². The molecule has 126 valence electrons. The van der Waals surface area contributed by atoms with Crippen LogP contribution in [0.3, 0.4) is 0 Å². The number of carbonyl (C=O) groups is 1. The average Bonchev–Trinajstić information content (AvgIpc) is 3.12. The molecule has 2 aliphatic rings. The molecule has 0 bridgehead atoms. The molecule has 4 rings (SSSR count). The van der Waals surface area contributed by atoms with Crippen LogP contribution in [0.5, 0.6) is 0 Å². The van der Waals surface area contributed by atoms with Crippen molar-refractivity contribution < 1.29 is 4.79 Å². The smallest absolute Gasteiger partial charge is 0.229 e. The van der Waals surface area contributed by atoms with E-state index in [0.29, 0.717) is 5.13 Å². The quantitative estimate of drug-likeness (QED) is 0.633. The van der Waals surface area contributed by atoms with Gasteiger partial charge in [0.2, 0.25) is 11.0 Å². The molecule has 1 saturated heterocycles. The van der Waals surface area contributed by atoms with Crippen LogP contribution in [0.15, 0.2) is 34.7 Å². The number of hydrogen-bond donors (Lipinski definition) is 2. The van der Waals surface area contributed by atoms with Gasteiger partial charge >= 0.3 is 0 Å². The van der Waals surface area contributed by atoms with Gasteiger partial charge in [-0.1, -0.05) is 53.4 Å². The molecule has 2 aromatic rings. The predicted molar refractivity (Wildman–Crippen MR) is 97.2 cm³/mol. The molecule has 2 heterocycles. The summed E-state index contributed by atoms with van der Waals surface area (Å²) in [6.07, 6.45) is 3.24. The number of piperidine rings is 1. The first-order valence-corrected chi connectivity index (χ1v) is 10.1. The third-order valence-corrected chi connectivity index (χ3v) is 6.99. The van der Waals surface area contributed by atoms with E-state index in [1.54, 1.807) is 11.8 Å². The van der Waals surface area contributed by atoms with Crippen molar-refractivity contribution in [1.82, 2.24) is 15.5 Å². The fraction of sp³-hybridized carbons (Fsp3) is 0.471. The van der Waals surface area contributed by atoms with Gasteiger partial charge in [0.1, 0.15) is 0 Å². The van der Waals surface area contributed by atoms with Crippen molar-refractivity contribution in [2.75, 3.05) is 18.4 Å². The number of carbonyl (C=O) groups excluding carboxylic acids is 1. The molecule has 7 heteroatoms. The van der Waals surface area contributed by atoms with Gasteiger partial charge in [0, 0.05) is 11.7 Å². The second-order valence-electron chi connectivity index (χ2n) is 6.51. The van der Waals surface area contributed by atoms with E-state index in [0.717, 1.165) is 42.4 Å². The maximum absolute atomic E-state index is 12.4. The molecule has 1 atom stereocenters. The van der Waals surface area contributed by atoms with Gasteiger partial charge in [-0.05, 0) is 43.3 Å². The summed E-state index contributed by atoms with van der Waals surface area (Å²) in [5.41, 5.74) is 1.51. The molecular formula is C17H20N4OS2. The summed E-state index contributed by atoms with van der Waals surface area (Å²) >= 11 is 3.11. The molecule has 1 saturated carbocycles. The van der Waals surface area contributed by atoms with Gasteiger partial charge in [0.15, 0.2) is 4.34 Å². The lowest BCUT2D eigenvalue weighted by molar-refractivity contribution is -0.118. The summed E-state index contributed by atoms with van der Waals surface area (Å²) in [6.45, 7) is 2.06. The molecule has 2 fully saturated rings. The van der Waals surface area contributed by atoms with E-state index in [2.05, 4.69) is 33.0 Å². The molecule has 24 heavy (non-hydrogen) atoms. The maximum atomic E-state index is 12.4. The zero-order valence-electron chi connectivity index (χ0n) is 13.3. The lowest BCUT2D eigenvalue weighted by atomic mass is 9.92. The number of nitrogens with zero attached hydrogens (tertiary/aromatic N) is 2. The van der Waals surface area contributed by atoms with Gasteiger partial charge in [0.05, 0.1) is 0 Å². The van der Waals surface area contributed by atoms with E-state index in [1.165, 1.54) is 16.9 Å². The van der Waals surface area contributed by atoms with Crippen LogP contribution < -0.4 is 10.6 Å². The molecule has 5 nitrogen and oxygen atoms in total. The predicted octanol–water partition coefficient (Wildman–Crippen LogP) is 3.16. The van der Waals surface area contributed by atoms with Crippen molar-refractivity contribution in [2.45, 2.75) is 29.4 Å². The number of anilines is 1. The first-order chi connectivity index (χ1) is 11.8. The Morgan fingerprint density at radius 3 is 2.88 bits per heavy atom. The number of nitrogens with one attached hydrogen (secondary N) is 2.